The lowest BCUT2D eigenvalue weighted by Crippen LogP contribution is -2.61. The molecule has 2 unspecified atom stereocenters. The van der Waals surface area contributed by atoms with Crippen molar-refractivity contribution in [2.45, 2.75) is 63.6 Å². The SMILES string of the molecule is C#CC(CCC)NC1(CN)CCOC(C)(C)C1. The molecule has 1 heterocycles. The molecule has 17 heavy (non-hydrogen) atoms. The highest BCUT2D eigenvalue weighted by atomic mass is 16.5. The van der Waals surface area contributed by atoms with Gasteiger partial charge in [-0.25, -0.2) is 0 Å². The third-order valence-corrected chi connectivity index (χ3v) is 3.49. The summed E-state index contributed by atoms with van der Waals surface area (Å²) in [5.74, 6) is 2.83. The Morgan fingerprint density at radius 3 is 2.71 bits per heavy atom. The molecule has 0 aromatic carbocycles. The lowest BCUT2D eigenvalue weighted by atomic mass is 9.80. The molecular formula is C14H26N2O. The maximum Gasteiger partial charge on any atom is 0.0691 e. The first-order valence-corrected chi connectivity index (χ1v) is 6.55. The van der Waals surface area contributed by atoms with Crippen LogP contribution in [0.2, 0.25) is 0 Å². The molecule has 0 aliphatic carbocycles. The van der Waals surface area contributed by atoms with Crippen LogP contribution in [-0.2, 0) is 4.74 Å². The Hall–Kier alpha value is -0.560. The Kier molecular flexibility index (Phi) is 5.00. The highest BCUT2D eigenvalue weighted by molar-refractivity contribution is 5.06. The van der Waals surface area contributed by atoms with Crippen molar-refractivity contribution in [3.8, 4) is 12.3 Å². The highest BCUT2D eigenvalue weighted by Gasteiger charge is 2.40. The zero-order valence-corrected chi connectivity index (χ0v) is 11.4. The zero-order chi connectivity index (χ0) is 12.9. The van der Waals surface area contributed by atoms with Gasteiger partial charge in [-0.2, -0.15) is 0 Å². The molecule has 1 rings (SSSR count). The molecule has 0 radical (unpaired) electrons. The fourth-order valence-corrected chi connectivity index (χ4v) is 2.69. The van der Waals surface area contributed by atoms with Gasteiger partial charge >= 0.3 is 0 Å². The van der Waals surface area contributed by atoms with Gasteiger partial charge < -0.3 is 10.5 Å². The van der Waals surface area contributed by atoms with Gasteiger partial charge in [0.2, 0.25) is 0 Å². The molecule has 0 aromatic heterocycles. The van der Waals surface area contributed by atoms with Gasteiger partial charge in [-0.1, -0.05) is 19.3 Å². The van der Waals surface area contributed by atoms with Gasteiger partial charge in [0.25, 0.3) is 0 Å². The van der Waals surface area contributed by atoms with Crippen LogP contribution in [0, 0.1) is 12.3 Å². The Bertz CT molecular complexity index is 282. The van der Waals surface area contributed by atoms with E-state index in [4.69, 9.17) is 16.9 Å². The van der Waals surface area contributed by atoms with Crippen molar-refractivity contribution in [3.05, 3.63) is 0 Å². The molecule has 1 aliphatic rings. The quantitative estimate of drug-likeness (QED) is 0.716. The van der Waals surface area contributed by atoms with Crippen LogP contribution in [0.1, 0.15) is 46.5 Å². The number of hydrogen-bond acceptors (Lipinski definition) is 3. The molecule has 3 heteroatoms. The second kappa shape index (κ2) is 5.86. The van der Waals surface area contributed by atoms with Crippen molar-refractivity contribution in [3.63, 3.8) is 0 Å². The number of terminal acetylenes is 1. The van der Waals surface area contributed by atoms with Crippen LogP contribution in [0.3, 0.4) is 0 Å². The van der Waals surface area contributed by atoms with Gasteiger partial charge in [0, 0.05) is 18.7 Å². The Labute approximate surface area is 105 Å². The van der Waals surface area contributed by atoms with E-state index in [-0.39, 0.29) is 17.2 Å². The van der Waals surface area contributed by atoms with Crippen molar-refractivity contribution in [2.24, 2.45) is 5.73 Å². The second-order valence-corrected chi connectivity index (χ2v) is 5.67. The molecule has 3 N–H and O–H groups in total. The van der Waals surface area contributed by atoms with Crippen molar-refractivity contribution in [1.82, 2.24) is 5.32 Å². The summed E-state index contributed by atoms with van der Waals surface area (Å²) in [6.45, 7) is 7.74. The van der Waals surface area contributed by atoms with Crippen molar-refractivity contribution < 1.29 is 4.74 Å². The number of rotatable bonds is 5. The lowest BCUT2D eigenvalue weighted by molar-refractivity contribution is -0.0869. The van der Waals surface area contributed by atoms with Gasteiger partial charge in [0.05, 0.1) is 11.6 Å². The number of nitrogens with two attached hydrogens (primary N) is 1. The topological polar surface area (TPSA) is 47.3 Å². The normalized spacial score (nSPS) is 29.6. The minimum atomic E-state index is -0.115. The molecule has 0 saturated carbocycles. The standard InChI is InChI=1S/C14H26N2O/c1-5-7-12(6-2)16-14(11-15)8-9-17-13(3,4)10-14/h2,12,16H,5,7-11,15H2,1,3-4H3. The predicted molar refractivity (Wildman–Crippen MR) is 71.7 cm³/mol. The first kappa shape index (κ1) is 14.5. The summed E-state index contributed by atoms with van der Waals surface area (Å²) >= 11 is 0. The van der Waals surface area contributed by atoms with Crippen LogP contribution < -0.4 is 11.1 Å². The van der Waals surface area contributed by atoms with E-state index in [1.54, 1.807) is 0 Å². The highest BCUT2D eigenvalue weighted by Crippen LogP contribution is 2.31. The van der Waals surface area contributed by atoms with E-state index in [1.165, 1.54) is 0 Å². The van der Waals surface area contributed by atoms with Crippen LogP contribution in [0.5, 0.6) is 0 Å². The van der Waals surface area contributed by atoms with Crippen LogP contribution in [0.4, 0.5) is 0 Å². The molecule has 0 aromatic rings. The Balaban J connectivity index is 2.71. The third-order valence-electron chi connectivity index (χ3n) is 3.49. The Morgan fingerprint density at radius 2 is 2.24 bits per heavy atom. The maximum atomic E-state index is 5.97. The van der Waals surface area contributed by atoms with Crippen LogP contribution in [0.15, 0.2) is 0 Å². The molecule has 0 amide bonds. The van der Waals surface area contributed by atoms with E-state index in [2.05, 4.69) is 32.0 Å². The van der Waals surface area contributed by atoms with Crippen LogP contribution in [0.25, 0.3) is 0 Å². The largest absolute Gasteiger partial charge is 0.375 e. The molecule has 1 saturated heterocycles. The molecule has 2 atom stereocenters. The monoisotopic (exact) mass is 238 g/mol. The van der Waals surface area contributed by atoms with Gasteiger partial charge in [0.15, 0.2) is 0 Å². The van der Waals surface area contributed by atoms with E-state index in [1.807, 2.05) is 0 Å². The summed E-state index contributed by atoms with van der Waals surface area (Å²) in [7, 11) is 0. The number of ether oxygens (including phenoxy) is 1. The zero-order valence-electron chi connectivity index (χ0n) is 11.4. The molecule has 1 fully saturated rings. The number of nitrogens with one attached hydrogen (secondary N) is 1. The molecule has 98 valence electrons. The van der Waals surface area contributed by atoms with Crippen LogP contribution >= 0.6 is 0 Å². The predicted octanol–water partition coefficient (Wildman–Crippen LogP) is 1.66. The summed E-state index contributed by atoms with van der Waals surface area (Å²) in [5, 5.41) is 3.58. The molecule has 1 aliphatic heterocycles. The first-order chi connectivity index (χ1) is 7.97. The third kappa shape index (κ3) is 3.99. The number of hydrogen-bond donors (Lipinski definition) is 2. The van der Waals surface area contributed by atoms with Crippen LogP contribution in [-0.4, -0.2) is 30.3 Å². The summed E-state index contributed by atoms with van der Waals surface area (Å²) in [6.07, 6.45) is 9.51. The van der Waals surface area contributed by atoms with Gasteiger partial charge in [-0.05, 0) is 33.1 Å². The van der Waals surface area contributed by atoms with Gasteiger partial charge in [0.1, 0.15) is 0 Å². The van der Waals surface area contributed by atoms with Crippen molar-refractivity contribution in [2.75, 3.05) is 13.2 Å². The smallest absolute Gasteiger partial charge is 0.0691 e. The minimum Gasteiger partial charge on any atom is -0.375 e. The lowest BCUT2D eigenvalue weighted by Gasteiger charge is -2.46. The molecule has 0 spiro atoms. The Morgan fingerprint density at radius 1 is 1.53 bits per heavy atom. The van der Waals surface area contributed by atoms with Gasteiger partial charge in [-0.3, -0.25) is 5.32 Å². The molecule has 0 bridgehead atoms. The van der Waals surface area contributed by atoms with Crippen molar-refractivity contribution in [1.29, 1.82) is 0 Å². The van der Waals surface area contributed by atoms with Gasteiger partial charge in [-0.15, -0.1) is 6.42 Å². The van der Waals surface area contributed by atoms with Crippen molar-refractivity contribution >= 4 is 0 Å². The summed E-state index contributed by atoms with van der Waals surface area (Å²) in [5.41, 5.74) is 5.80. The van der Waals surface area contributed by atoms with E-state index >= 15 is 0 Å². The minimum absolute atomic E-state index is 0.0616. The van der Waals surface area contributed by atoms with E-state index in [9.17, 15) is 0 Å². The van der Waals surface area contributed by atoms with E-state index in [0.29, 0.717) is 6.54 Å². The summed E-state index contributed by atoms with van der Waals surface area (Å²) in [4.78, 5) is 0. The fraction of sp³-hybridized carbons (Fsp3) is 0.857. The fourth-order valence-electron chi connectivity index (χ4n) is 2.69. The second-order valence-electron chi connectivity index (χ2n) is 5.67. The molecular weight excluding hydrogens is 212 g/mol. The summed E-state index contributed by atoms with van der Waals surface area (Å²) < 4.78 is 5.75. The average molecular weight is 238 g/mol. The summed E-state index contributed by atoms with van der Waals surface area (Å²) in [6, 6.07) is 0.123. The van der Waals surface area contributed by atoms with E-state index in [0.717, 1.165) is 32.3 Å². The maximum absolute atomic E-state index is 5.97. The average Bonchev–Trinajstić information content (AvgIpc) is 2.27. The van der Waals surface area contributed by atoms with E-state index < -0.39 is 0 Å². The molecule has 3 nitrogen and oxygen atoms in total. The first-order valence-electron chi connectivity index (χ1n) is 6.55.